The van der Waals surface area contributed by atoms with Gasteiger partial charge >= 0.3 is 0 Å². The SMILES string of the molecule is CCCCCC(C)NC(=O)C1CCNC1C. The smallest absolute Gasteiger partial charge is 0.224 e. The highest BCUT2D eigenvalue weighted by molar-refractivity contribution is 5.79. The van der Waals surface area contributed by atoms with Crippen LogP contribution in [0, 0.1) is 5.92 Å². The van der Waals surface area contributed by atoms with Crippen molar-refractivity contribution in [2.24, 2.45) is 5.92 Å². The third-order valence-corrected chi connectivity index (χ3v) is 3.49. The number of unbranched alkanes of at least 4 members (excludes halogenated alkanes) is 2. The molecule has 3 unspecified atom stereocenters. The maximum atomic E-state index is 11.9. The summed E-state index contributed by atoms with van der Waals surface area (Å²) in [6.07, 6.45) is 5.81. The summed E-state index contributed by atoms with van der Waals surface area (Å²) in [7, 11) is 0. The molecule has 3 nitrogen and oxygen atoms in total. The van der Waals surface area contributed by atoms with E-state index in [4.69, 9.17) is 0 Å². The van der Waals surface area contributed by atoms with Crippen LogP contribution in [0.15, 0.2) is 0 Å². The molecule has 1 aliphatic heterocycles. The Labute approximate surface area is 99.4 Å². The average molecular weight is 226 g/mol. The summed E-state index contributed by atoms with van der Waals surface area (Å²) in [5.41, 5.74) is 0. The molecule has 0 aliphatic carbocycles. The number of nitrogens with one attached hydrogen (secondary N) is 2. The molecule has 1 rings (SSSR count). The fraction of sp³-hybridized carbons (Fsp3) is 0.923. The van der Waals surface area contributed by atoms with Gasteiger partial charge in [-0.3, -0.25) is 4.79 Å². The summed E-state index contributed by atoms with van der Waals surface area (Å²) in [6.45, 7) is 7.39. The zero-order valence-electron chi connectivity index (χ0n) is 10.9. The predicted octanol–water partition coefficient (Wildman–Crippen LogP) is 2.07. The fourth-order valence-electron chi connectivity index (χ4n) is 2.34. The van der Waals surface area contributed by atoms with E-state index in [0.29, 0.717) is 12.1 Å². The zero-order chi connectivity index (χ0) is 12.0. The Morgan fingerprint density at radius 3 is 2.81 bits per heavy atom. The lowest BCUT2D eigenvalue weighted by Gasteiger charge is -2.19. The summed E-state index contributed by atoms with van der Waals surface area (Å²) < 4.78 is 0. The topological polar surface area (TPSA) is 41.1 Å². The van der Waals surface area contributed by atoms with Crippen molar-refractivity contribution in [3.63, 3.8) is 0 Å². The second-order valence-electron chi connectivity index (χ2n) is 5.04. The van der Waals surface area contributed by atoms with E-state index in [1.807, 2.05) is 0 Å². The third kappa shape index (κ3) is 4.12. The van der Waals surface area contributed by atoms with Gasteiger partial charge in [-0.05, 0) is 33.2 Å². The molecule has 1 fully saturated rings. The Balaban J connectivity index is 2.22. The van der Waals surface area contributed by atoms with E-state index in [2.05, 4.69) is 31.4 Å². The zero-order valence-corrected chi connectivity index (χ0v) is 10.9. The normalized spacial score (nSPS) is 26.7. The molecule has 0 saturated carbocycles. The third-order valence-electron chi connectivity index (χ3n) is 3.49. The molecule has 0 aromatic rings. The van der Waals surface area contributed by atoms with E-state index >= 15 is 0 Å². The molecule has 0 radical (unpaired) electrons. The second-order valence-corrected chi connectivity index (χ2v) is 5.04. The van der Waals surface area contributed by atoms with Gasteiger partial charge < -0.3 is 10.6 Å². The monoisotopic (exact) mass is 226 g/mol. The van der Waals surface area contributed by atoms with Gasteiger partial charge in [0.1, 0.15) is 0 Å². The van der Waals surface area contributed by atoms with Crippen LogP contribution < -0.4 is 10.6 Å². The molecule has 0 aromatic carbocycles. The van der Waals surface area contributed by atoms with Crippen molar-refractivity contribution in [1.82, 2.24) is 10.6 Å². The molecule has 16 heavy (non-hydrogen) atoms. The van der Waals surface area contributed by atoms with Gasteiger partial charge in [0.25, 0.3) is 0 Å². The summed E-state index contributed by atoms with van der Waals surface area (Å²) in [5, 5.41) is 6.45. The van der Waals surface area contributed by atoms with E-state index in [0.717, 1.165) is 19.4 Å². The van der Waals surface area contributed by atoms with Gasteiger partial charge in [-0.2, -0.15) is 0 Å². The first kappa shape index (κ1) is 13.5. The number of hydrogen-bond donors (Lipinski definition) is 2. The lowest BCUT2D eigenvalue weighted by molar-refractivity contribution is -0.125. The highest BCUT2D eigenvalue weighted by Crippen LogP contribution is 2.15. The van der Waals surface area contributed by atoms with Gasteiger partial charge in [0.15, 0.2) is 0 Å². The van der Waals surface area contributed by atoms with Crippen LogP contribution in [-0.4, -0.2) is 24.5 Å². The Hall–Kier alpha value is -0.570. The molecule has 2 N–H and O–H groups in total. The molecular weight excluding hydrogens is 200 g/mol. The Bertz CT molecular complexity index is 218. The molecule has 1 aliphatic rings. The molecule has 94 valence electrons. The first-order valence-electron chi connectivity index (χ1n) is 6.69. The largest absolute Gasteiger partial charge is 0.353 e. The minimum absolute atomic E-state index is 0.175. The molecule has 0 aromatic heterocycles. The summed E-state index contributed by atoms with van der Waals surface area (Å²) >= 11 is 0. The standard InChI is InChI=1S/C13H26N2O/c1-4-5-6-7-10(2)15-13(16)12-8-9-14-11(12)3/h10-12,14H,4-9H2,1-3H3,(H,15,16). The Kier molecular flexibility index (Phi) is 5.81. The van der Waals surface area contributed by atoms with Crippen LogP contribution in [0.4, 0.5) is 0 Å². The van der Waals surface area contributed by atoms with Crippen molar-refractivity contribution in [2.45, 2.75) is 65.0 Å². The molecule has 0 bridgehead atoms. The van der Waals surface area contributed by atoms with Gasteiger partial charge in [0.05, 0.1) is 5.92 Å². The van der Waals surface area contributed by atoms with Crippen molar-refractivity contribution in [1.29, 1.82) is 0 Å². The van der Waals surface area contributed by atoms with Crippen molar-refractivity contribution < 1.29 is 4.79 Å². The van der Waals surface area contributed by atoms with E-state index in [-0.39, 0.29) is 11.8 Å². The first-order valence-corrected chi connectivity index (χ1v) is 6.69. The van der Waals surface area contributed by atoms with Gasteiger partial charge in [-0.15, -0.1) is 0 Å². The number of carbonyl (C=O) groups is 1. The maximum Gasteiger partial charge on any atom is 0.224 e. The van der Waals surface area contributed by atoms with Crippen molar-refractivity contribution in [3.05, 3.63) is 0 Å². The average Bonchev–Trinajstić information content (AvgIpc) is 2.65. The van der Waals surface area contributed by atoms with E-state index in [1.54, 1.807) is 0 Å². The van der Waals surface area contributed by atoms with E-state index < -0.39 is 0 Å². The highest BCUT2D eigenvalue weighted by atomic mass is 16.2. The maximum absolute atomic E-state index is 11.9. The summed E-state index contributed by atoms with van der Waals surface area (Å²) in [4.78, 5) is 11.9. The van der Waals surface area contributed by atoms with Crippen LogP contribution in [0.1, 0.15) is 52.9 Å². The molecule has 0 spiro atoms. The molecule has 1 amide bonds. The van der Waals surface area contributed by atoms with Gasteiger partial charge in [-0.1, -0.05) is 26.2 Å². The quantitative estimate of drug-likeness (QED) is 0.681. The van der Waals surface area contributed by atoms with Crippen LogP contribution in [0.5, 0.6) is 0 Å². The number of carbonyl (C=O) groups excluding carboxylic acids is 1. The van der Waals surface area contributed by atoms with Crippen molar-refractivity contribution in [2.75, 3.05) is 6.54 Å². The summed E-state index contributed by atoms with van der Waals surface area (Å²) in [6, 6.07) is 0.662. The Morgan fingerprint density at radius 2 is 2.25 bits per heavy atom. The number of rotatable bonds is 6. The highest BCUT2D eigenvalue weighted by Gasteiger charge is 2.29. The summed E-state index contributed by atoms with van der Waals surface area (Å²) in [5.74, 6) is 0.412. The van der Waals surface area contributed by atoms with Gasteiger partial charge in [0.2, 0.25) is 5.91 Å². The number of hydrogen-bond acceptors (Lipinski definition) is 2. The molecular formula is C13H26N2O. The first-order chi connectivity index (χ1) is 7.65. The van der Waals surface area contributed by atoms with Crippen molar-refractivity contribution >= 4 is 5.91 Å². The lowest BCUT2D eigenvalue weighted by atomic mass is 10.0. The minimum atomic E-state index is 0.175. The number of amides is 1. The predicted molar refractivity (Wildman–Crippen MR) is 67.3 cm³/mol. The van der Waals surface area contributed by atoms with Gasteiger partial charge in [0, 0.05) is 12.1 Å². The molecule has 1 heterocycles. The van der Waals surface area contributed by atoms with Gasteiger partial charge in [-0.25, -0.2) is 0 Å². The van der Waals surface area contributed by atoms with Crippen molar-refractivity contribution in [3.8, 4) is 0 Å². The van der Waals surface area contributed by atoms with E-state index in [9.17, 15) is 4.79 Å². The fourth-order valence-corrected chi connectivity index (χ4v) is 2.34. The van der Waals surface area contributed by atoms with Crippen LogP contribution >= 0.6 is 0 Å². The Morgan fingerprint density at radius 1 is 1.50 bits per heavy atom. The lowest BCUT2D eigenvalue weighted by Crippen LogP contribution is -2.40. The van der Waals surface area contributed by atoms with Crippen LogP contribution in [0.3, 0.4) is 0 Å². The van der Waals surface area contributed by atoms with E-state index in [1.165, 1.54) is 19.3 Å². The van der Waals surface area contributed by atoms with Crippen LogP contribution in [0.25, 0.3) is 0 Å². The molecule has 1 saturated heterocycles. The van der Waals surface area contributed by atoms with Crippen LogP contribution in [0.2, 0.25) is 0 Å². The molecule has 3 atom stereocenters. The minimum Gasteiger partial charge on any atom is -0.353 e. The second kappa shape index (κ2) is 6.89. The molecule has 3 heteroatoms. The van der Waals surface area contributed by atoms with Crippen LogP contribution in [-0.2, 0) is 4.79 Å².